The van der Waals surface area contributed by atoms with Crippen LogP contribution in [0.3, 0.4) is 0 Å². The van der Waals surface area contributed by atoms with Gasteiger partial charge in [0.15, 0.2) is 0 Å². The molecule has 0 spiro atoms. The molecule has 0 radical (unpaired) electrons. The molecule has 4 rings (SSSR count). The van der Waals surface area contributed by atoms with Crippen LogP contribution >= 0.6 is 0 Å². The Hall–Kier alpha value is -3.48. The van der Waals surface area contributed by atoms with Gasteiger partial charge in [0.2, 0.25) is 5.95 Å². The van der Waals surface area contributed by atoms with E-state index in [4.69, 9.17) is 5.73 Å². The number of hydrogen-bond acceptors (Lipinski definition) is 6. The van der Waals surface area contributed by atoms with E-state index in [1.807, 2.05) is 36.7 Å². The van der Waals surface area contributed by atoms with Crippen molar-refractivity contribution in [2.45, 2.75) is 6.42 Å². The Balaban J connectivity index is 1.53. The van der Waals surface area contributed by atoms with Crippen molar-refractivity contribution >= 4 is 18.1 Å². The minimum atomic E-state index is -0.255. The first-order valence-electron chi connectivity index (χ1n) is 9.66. The summed E-state index contributed by atoms with van der Waals surface area (Å²) in [6.07, 6.45) is 4.59. The predicted molar refractivity (Wildman–Crippen MR) is 115 cm³/mol. The molecule has 7 heteroatoms. The van der Waals surface area contributed by atoms with Crippen LogP contribution in [0, 0.1) is 5.82 Å². The Bertz CT molecular complexity index is 1020. The molecule has 0 amide bonds. The number of nitrogens with zero attached hydrogens (tertiary/aromatic N) is 4. The lowest BCUT2D eigenvalue weighted by molar-refractivity contribution is 0.461. The normalized spacial score (nSPS) is 13.1. The number of nitrogens with two attached hydrogens (primary N) is 1. The number of aromatic nitrogens is 2. The molecule has 3 N–H and O–H groups in total. The third kappa shape index (κ3) is 4.68. The molecule has 1 aromatic heterocycles. The highest BCUT2D eigenvalue weighted by atomic mass is 19.1. The first-order chi connectivity index (χ1) is 14.2. The van der Waals surface area contributed by atoms with Gasteiger partial charge < -0.3 is 16.0 Å². The zero-order chi connectivity index (χ0) is 20.1. The van der Waals surface area contributed by atoms with Gasteiger partial charge in [-0.1, -0.05) is 30.3 Å². The lowest BCUT2D eigenvalue weighted by atomic mass is 10.00. The summed E-state index contributed by atoms with van der Waals surface area (Å²) in [4.78, 5) is 15.0. The molecule has 148 valence electrons. The van der Waals surface area contributed by atoms with Crippen molar-refractivity contribution in [1.29, 1.82) is 0 Å². The topological polar surface area (TPSA) is 79.4 Å². The Morgan fingerprint density at radius 3 is 2.66 bits per heavy atom. The Labute approximate surface area is 169 Å². The molecule has 0 saturated carbocycles. The van der Waals surface area contributed by atoms with E-state index < -0.39 is 0 Å². The number of benzene rings is 2. The van der Waals surface area contributed by atoms with Gasteiger partial charge in [-0.05, 0) is 41.3 Å². The fraction of sp³-hybridized carbons (Fsp3) is 0.227. The summed E-state index contributed by atoms with van der Waals surface area (Å²) in [7, 11) is 0. The molecule has 29 heavy (non-hydrogen) atoms. The summed E-state index contributed by atoms with van der Waals surface area (Å²) in [6, 6.07) is 14.5. The van der Waals surface area contributed by atoms with Crippen molar-refractivity contribution < 1.29 is 4.39 Å². The molecule has 0 bridgehead atoms. The van der Waals surface area contributed by atoms with Gasteiger partial charge in [-0.25, -0.2) is 9.37 Å². The van der Waals surface area contributed by atoms with Crippen molar-refractivity contribution in [3.63, 3.8) is 0 Å². The maximum absolute atomic E-state index is 13.6. The maximum Gasteiger partial charge on any atom is 0.221 e. The second-order valence-corrected chi connectivity index (χ2v) is 6.92. The number of hydrogen-bond donors (Lipinski definition) is 2. The third-order valence-electron chi connectivity index (χ3n) is 4.81. The average Bonchev–Trinajstić information content (AvgIpc) is 3.25. The number of halogens is 1. The van der Waals surface area contributed by atoms with Crippen LogP contribution in [0.25, 0.3) is 22.3 Å². The largest absolute Gasteiger partial charge is 0.369 e. The van der Waals surface area contributed by atoms with Crippen LogP contribution in [-0.2, 0) is 0 Å². The standard InChI is InChI=1S/C22H23FN6/c23-19-7-2-5-17(13-19)16-4-1-6-18(12-16)20-14-27-22(24)28-21(20)26-8-3-10-29-11-9-25-15-29/h1-2,4-7,12-15H,3,8-11H2,(H3,24,26,27,28). The van der Waals surface area contributed by atoms with Crippen LogP contribution < -0.4 is 11.1 Å². The average molecular weight is 390 g/mol. The van der Waals surface area contributed by atoms with Crippen LogP contribution in [-0.4, -0.2) is 47.4 Å². The van der Waals surface area contributed by atoms with E-state index >= 15 is 0 Å². The fourth-order valence-electron chi connectivity index (χ4n) is 3.35. The van der Waals surface area contributed by atoms with Crippen molar-refractivity contribution in [3.05, 3.63) is 60.5 Å². The van der Waals surface area contributed by atoms with Gasteiger partial charge in [0.05, 0.1) is 12.9 Å². The smallest absolute Gasteiger partial charge is 0.221 e. The number of anilines is 2. The second kappa shape index (κ2) is 8.68. The first kappa shape index (κ1) is 18.9. The lowest BCUT2D eigenvalue weighted by Crippen LogP contribution is -2.22. The molecule has 1 aliphatic rings. The molecule has 0 fully saturated rings. The highest BCUT2D eigenvalue weighted by Crippen LogP contribution is 2.30. The van der Waals surface area contributed by atoms with Crippen molar-refractivity contribution in [2.24, 2.45) is 4.99 Å². The molecular weight excluding hydrogens is 367 g/mol. The van der Waals surface area contributed by atoms with Gasteiger partial charge in [0.25, 0.3) is 0 Å². The summed E-state index contributed by atoms with van der Waals surface area (Å²) in [5.41, 5.74) is 9.38. The summed E-state index contributed by atoms with van der Waals surface area (Å²) >= 11 is 0. The van der Waals surface area contributed by atoms with Crippen LogP contribution in [0.4, 0.5) is 16.2 Å². The van der Waals surface area contributed by atoms with Gasteiger partial charge >= 0.3 is 0 Å². The van der Waals surface area contributed by atoms with E-state index in [9.17, 15) is 4.39 Å². The van der Waals surface area contributed by atoms with E-state index in [1.165, 1.54) is 12.1 Å². The Kier molecular flexibility index (Phi) is 5.65. The van der Waals surface area contributed by atoms with Gasteiger partial charge in [-0.3, -0.25) is 4.99 Å². The first-order valence-corrected chi connectivity index (χ1v) is 9.66. The van der Waals surface area contributed by atoms with E-state index in [0.717, 1.165) is 54.9 Å². The summed E-state index contributed by atoms with van der Waals surface area (Å²) in [5, 5.41) is 3.38. The summed E-state index contributed by atoms with van der Waals surface area (Å²) < 4.78 is 13.6. The maximum atomic E-state index is 13.6. The van der Waals surface area contributed by atoms with Gasteiger partial charge in [0.1, 0.15) is 11.6 Å². The number of rotatable bonds is 7. The molecule has 0 unspecified atom stereocenters. The highest BCUT2D eigenvalue weighted by molar-refractivity contribution is 5.79. The van der Waals surface area contributed by atoms with E-state index in [1.54, 1.807) is 12.3 Å². The molecule has 0 atom stereocenters. The molecule has 2 aromatic carbocycles. The van der Waals surface area contributed by atoms with Crippen molar-refractivity contribution in [2.75, 3.05) is 37.2 Å². The van der Waals surface area contributed by atoms with Gasteiger partial charge in [-0.15, -0.1) is 0 Å². The molecule has 0 aliphatic carbocycles. The highest BCUT2D eigenvalue weighted by Gasteiger charge is 2.11. The zero-order valence-electron chi connectivity index (χ0n) is 16.1. The molecular formula is C22H23FN6. The minimum absolute atomic E-state index is 0.226. The molecule has 2 heterocycles. The summed E-state index contributed by atoms with van der Waals surface area (Å²) in [6.45, 7) is 3.57. The number of aliphatic imine (C=N–C) groups is 1. The SMILES string of the molecule is Nc1ncc(-c2cccc(-c3cccc(F)c3)c2)c(NCCCN2C=NCC2)n1. The van der Waals surface area contributed by atoms with E-state index in [0.29, 0.717) is 5.82 Å². The fourth-order valence-corrected chi connectivity index (χ4v) is 3.35. The van der Waals surface area contributed by atoms with E-state index in [2.05, 4.69) is 25.2 Å². The molecule has 3 aromatic rings. The van der Waals surface area contributed by atoms with Crippen LogP contribution in [0.1, 0.15) is 6.42 Å². The Morgan fingerprint density at radius 1 is 1.07 bits per heavy atom. The minimum Gasteiger partial charge on any atom is -0.369 e. The second-order valence-electron chi connectivity index (χ2n) is 6.92. The van der Waals surface area contributed by atoms with Gasteiger partial charge in [0, 0.05) is 31.4 Å². The molecule has 0 saturated heterocycles. The van der Waals surface area contributed by atoms with Crippen LogP contribution in [0.15, 0.2) is 59.7 Å². The van der Waals surface area contributed by atoms with Crippen molar-refractivity contribution in [1.82, 2.24) is 14.9 Å². The number of nitrogens with one attached hydrogen (secondary N) is 1. The predicted octanol–water partition coefficient (Wildman–Crippen LogP) is 3.68. The molecule has 1 aliphatic heterocycles. The Morgan fingerprint density at radius 2 is 1.86 bits per heavy atom. The van der Waals surface area contributed by atoms with E-state index in [-0.39, 0.29) is 11.8 Å². The zero-order valence-corrected chi connectivity index (χ0v) is 16.1. The lowest BCUT2D eigenvalue weighted by Gasteiger charge is -2.15. The summed E-state index contributed by atoms with van der Waals surface area (Å²) in [5.74, 6) is 0.669. The van der Waals surface area contributed by atoms with Crippen LogP contribution in [0.5, 0.6) is 0 Å². The van der Waals surface area contributed by atoms with Crippen molar-refractivity contribution in [3.8, 4) is 22.3 Å². The molecule has 6 nitrogen and oxygen atoms in total. The quantitative estimate of drug-likeness (QED) is 0.602. The number of nitrogen functional groups attached to an aromatic ring is 1. The third-order valence-corrected chi connectivity index (χ3v) is 4.81. The van der Waals surface area contributed by atoms with Crippen LogP contribution in [0.2, 0.25) is 0 Å². The van der Waals surface area contributed by atoms with Gasteiger partial charge in [-0.2, -0.15) is 4.98 Å². The monoisotopic (exact) mass is 390 g/mol.